The second-order valence-electron chi connectivity index (χ2n) is 10.3. The zero-order valence-corrected chi connectivity index (χ0v) is 15.8. The Balaban J connectivity index is 1.44. The fourth-order valence-electron chi connectivity index (χ4n) is 8.15. The van der Waals surface area contributed by atoms with Gasteiger partial charge in [0.1, 0.15) is 11.4 Å². The van der Waals surface area contributed by atoms with Gasteiger partial charge in [0.15, 0.2) is 0 Å². The largest absolute Gasteiger partial charge is 0.458 e. The lowest BCUT2D eigenvalue weighted by atomic mass is 9.50. The Morgan fingerprint density at radius 1 is 1.12 bits per heavy atom. The van der Waals surface area contributed by atoms with Crippen LogP contribution in [0.2, 0.25) is 0 Å². The Morgan fingerprint density at radius 2 is 1.96 bits per heavy atom. The van der Waals surface area contributed by atoms with E-state index < -0.39 is 0 Å². The van der Waals surface area contributed by atoms with Crippen LogP contribution in [0, 0.1) is 34.5 Å². The van der Waals surface area contributed by atoms with Gasteiger partial charge in [-0.2, -0.15) is 0 Å². The number of hydrogen-bond acceptors (Lipinski definition) is 3. The molecule has 7 atom stereocenters. The first-order valence-corrected chi connectivity index (χ1v) is 10.5. The molecule has 0 aromatic rings. The van der Waals surface area contributed by atoms with Crippen LogP contribution in [0.15, 0.2) is 23.3 Å². The van der Waals surface area contributed by atoms with Crippen molar-refractivity contribution in [3.63, 3.8) is 0 Å². The van der Waals surface area contributed by atoms with Gasteiger partial charge in [0.25, 0.3) is 0 Å². The maximum atomic E-state index is 12.1. The highest BCUT2D eigenvalue weighted by molar-refractivity contribution is 5.83. The van der Waals surface area contributed by atoms with E-state index in [9.17, 15) is 9.59 Å². The number of Topliss-reactive ketones (excluding diaryl/α,β-unsaturated/α-hetero) is 1. The third kappa shape index (κ3) is 1.59. The van der Waals surface area contributed by atoms with Gasteiger partial charge in [0.2, 0.25) is 0 Å². The number of rotatable bonds is 0. The summed E-state index contributed by atoms with van der Waals surface area (Å²) in [5.41, 5.74) is 3.02. The first-order chi connectivity index (χ1) is 12.4. The van der Waals surface area contributed by atoms with Crippen molar-refractivity contribution >= 4 is 11.8 Å². The standard InChI is InChI=1S/C23H28O3/c1-21-8-5-14(24)11-13(21)3-4-15-17(21)6-9-22(2)20(15)16-12-18(16)23(22)10-7-19(25)26-23/h3,6,15-16,18,20H,4-5,7-12H2,1-2H3/t15?,16-,18+,20?,21+,22+,23+/m1/s1. The normalized spacial score (nSPS) is 53.9. The summed E-state index contributed by atoms with van der Waals surface area (Å²) in [6.45, 7) is 4.80. The number of hydrogen-bond donors (Lipinski definition) is 0. The van der Waals surface area contributed by atoms with Crippen LogP contribution in [-0.4, -0.2) is 17.4 Å². The van der Waals surface area contributed by atoms with Gasteiger partial charge in [-0.1, -0.05) is 37.1 Å². The van der Waals surface area contributed by atoms with Gasteiger partial charge in [0, 0.05) is 36.0 Å². The lowest BCUT2D eigenvalue weighted by molar-refractivity contribution is -0.165. The molecule has 4 fully saturated rings. The molecule has 1 heterocycles. The molecule has 5 aliphatic carbocycles. The molecule has 0 aromatic heterocycles. The molecule has 1 saturated heterocycles. The minimum Gasteiger partial charge on any atom is -0.458 e. The molecule has 138 valence electrons. The number of esters is 1. The quantitative estimate of drug-likeness (QED) is 0.480. The minimum atomic E-state index is -0.186. The molecule has 3 nitrogen and oxygen atoms in total. The second-order valence-corrected chi connectivity index (χ2v) is 10.3. The van der Waals surface area contributed by atoms with Gasteiger partial charge in [-0.05, 0) is 49.9 Å². The molecular formula is C23H28O3. The Hall–Kier alpha value is -1.38. The van der Waals surface area contributed by atoms with Gasteiger partial charge in [-0.15, -0.1) is 0 Å². The minimum absolute atomic E-state index is 0.0240. The number of ether oxygens (including phenoxy) is 1. The van der Waals surface area contributed by atoms with Gasteiger partial charge in [-0.3, -0.25) is 9.59 Å². The van der Waals surface area contributed by atoms with Crippen LogP contribution in [0.1, 0.15) is 65.2 Å². The van der Waals surface area contributed by atoms with E-state index in [0.717, 1.165) is 38.0 Å². The summed E-state index contributed by atoms with van der Waals surface area (Å²) in [7, 11) is 0. The molecule has 26 heavy (non-hydrogen) atoms. The highest BCUT2D eigenvalue weighted by Crippen LogP contribution is 2.78. The van der Waals surface area contributed by atoms with Crippen molar-refractivity contribution in [1.29, 1.82) is 0 Å². The monoisotopic (exact) mass is 352 g/mol. The Labute approximate surface area is 155 Å². The van der Waals surface area contributed by atoms with Gasteiger partial charge in [-0.25, -0.2) is 0 Å². The van der Waals surface area contributed by atoms with E-state index in [1.807, 2.05) is 0 Å². The van der Waals surface area contributed by atoms with E-state index in [1.165, 1.54) is 12.0 Å². The number of ketones is 1. The molecule has 6 aliphatic rings. The maximum absolute atomic E-state index is 12.1. The van der Waals surface area contributed by atoms with Crippen LogP contribution in [0.3, 0.4) is 0 Å². The van der Waals surface area contributed by atoms with E-state index in [1.54, 1.807) is 5.57 Å². The average Bonchev–Trinajstić information content (AvgIpc) is 3.24. The molecule has 0 bridgehead atoms. The summed E-state index contributed by atoms with van der Waals surface area (Å²) in [6, 6.07) is 0. The molecule has 0 radical (unpaired) electrons. The van der Waals surface area contributed by atoms with Crippen molar-refractivity contribution in [3.8, 4) is 0 Å². The van der Waals surface area contributed by atoms with Crippen LogP contribution in [0.5, 0.6) is 0 Å². The van der Waals surface area contributed by atoms with Crippen LogP contribution >= 0.6 is 0 Å². The molecule has 2 unspecified atom stereocenters. The van der Waals surface area contributed by atoms with Crippen LogP contribution in [-0.2, 0) is 14.3 Å². The van der Waals surface area contributed by atoms with E-state index in [-0.39, 0.29) is 22.4 Å². The van der Waals surface area contributed by atoms with E-state index >= 15 is 0 Å². The average molecular weight is 352 g/mol. The molecule has 1 spiro atoms. The van der Waals surface area contributed by atoms with Crippen LogP contribution in [0.25, 0.3) is 0 Å². The number of fused-ring (bicyclic) bond motifs is 9. The fourth-order valence-corrected chi connectivity index (χ4v) is 8.15. The SMILES string of the molecule is C[C@]12CCC(=O)CC1=CCC1C2=CC[C@@]2(C)C1[C@@H]1C[C@@H]1[C@@]21CCC(=O)O1. The predicted molar refractivity (Wildman–Crippen MR) is 97.1 cm³/mol. The van der Waals surface area contributed by atoms with Gasteiger partial charge < -0.3 is 4.74 Å². The summed E-state index contributed by atoms with van der Waals surface area (Å²) in [5, 5.41) is 0. The summed E-state index contributed by atoms with van der Waals surface area (Å²) >= 11 is 0. The van der Waals surface area contributed by atoms with Crippen molar-refractivity contribution in [2.45, 2.75) is 70.8 Å². The summed E-state index contributed by atoms with van der Waals surface area (Å²) in [4.78, 5) is 24.1. The van der Waals surface area contributed by atoms with E-state index in [2.05, 4.69) is 26.0 Å². The molecule has 0 aromatic carbocycles. The van der Waals surface area contributed by atoms with E-state index in [4.69, 9.17) is 4.74 Å². The number of allylic oxidation sites excluding steroid dienone is 4. The van der Waals surface area contributed by atoms with Crippen molar-refractivity contribution in [3.05, 3.63) is 23.3 Å². The predicted octanol–water partition coefficient (Wildman–Crippen LogP) is 4.37. The summed E-state index contributed by atoms with van der Waals surface area (Å²) in [6.07, 6.45) is 12.2. The zero-order chi connectivity index (χ0) is 17.9. The third-order valence-corrected chi connectivity index (χ3v) is 9.43. The lowest BCUT2D eigenvalue weighted by Crippen LogP contribution is -2.53. The van der Waals surface area contributed by atoms with Crippen molar-refractivity contribution in [2.75, 3.05) is 0 Å². The lowest BCUT2D eigenvalue weighted by Gasteiger charge is -2.55. The molecule has 6 rings (SSSR count). The van der Waals surface area contributed by atoms with Gasteiger partial charge in [0.05, 0.1) is 0 Å². The smallest absolute Gasteiger partial charge is 0.306 e. The number of carbonyl (C=O) groups is 2. The number of carbonyl (C=O) groups excluding carboxylic acids is 2. The molecule has 0 amide bonds. The summed E-state index contributed by atoms with van der Waals surface area (Å²) < 4.78 is 6.13. The van der Waals surface area contributed by atoms with Crippen molar-refractivity contribution < 1.29 is 14.3 Å². The molecular weight excluding hydrogens is 324 g/mol. The molecule has 1 aliphatic heterocycles. The third-order valence-electron chi connectivity index (χ3n) is 9.43. The highest BCUT2D eigenvalue weighted by atomic mass is 16.6. The van der Waals surface area contributed by atoms with Gasteiger partial charge >= 0.3 is 5.97 Å². The van der Waals surface area contributed by atoms with E-state index in [0.29, 0.717) is 36.4 Å². The van der Waals surface area contributed by atoms with Crippen molar-refractivity contribution in [2.24, 2.45) is 34.5 Å². The molecule has 0 N–H and O–H groups in total. The first-order valence-electron chi connectivity index (χ1n) is 10.5. The Morgan fingerprint density at radius 3 is 2.73 bits per heavy atom. The van der Waals surface area contributed by atoms with Crippen LogP contribution < -0.4 is 0 Å². The zero-order valence-electron chi connectivity index (χ0n) is 15.8. The Kier molecular flexibility index (Phi) is 2.73. The fraction of sp³-hybridized carbons (Fsp3) is 0.739. The second kappa shape index (κ2) is 4.54. The topological polar surface area (TPSA) is 43.4 Å². The first kappa shape index (κ1) is 15.7. The maximum Gasteiger partial charge on any atom is 0.306 e. The highest BCUT2D eigenvalue weighted by Gasteiger charge is 2.78. The summed E-state index contributed by atoms with van der Waals surface area (Å²) in [5.74, 6) is 3.01. The molecule has 3 heteroatoms. The Bertz CT molecular complexity index is 806. The molecule has 3 saturated carbocycles. The van der Waals surface area contributed by atoms with Crippen molar-refractivity contribution in [1.82, 2.24) is 0 Å². The van der Waals surface area contributed by atoms with Crippen LogP contribution in [0.4, 0.5) is 0 Å².